The molecule has 1 aromatic heterocycles. The zero-order chi connectivity index (χ0) is 23.0. The zero-order valence-corrected chi connectivity index (χ0v) is 18.8. The molecule has 0 atom stereocenters. The lowest BCUT2D eigenvalue weighted by Crippen LogP contribution is -2.25. The number of nitrogens with zero attached hydrogens (tertiary/aromatic N) is 2. The number of hydrogen-bond acceptors (Lipinski definition) is 5. The highest BCUT2D eigenvalue weighted by Crippen LogP contribution is 2.24. The highest BCUT2D eigenvalue weighted by Gasteiger charge is 2.10. The first-order chi connectivity index (χ1) is 16.1. The van der Waals surface area contributed by atoms with E-state index in [2.05, 4.69) is 15.3 Å². The van der Waals surface area contributed by atoms with E-state index >= 15 is 0 Å². The van der Waals surface area contributed by atoms with Crippen LogP contribution < -0.4 is 14.8 Å². The summed E-state index contributed by atoms with van der Waals surface area (Å²) in [6.45, 7) is 0.520. The monoisotopic (exact) mass is 459 g/mol. The Morgan fingerprint density at radius 2 is 1.73 bits per heavy atom. The number of halogens is 1. The maximum atomic E-state index is 12.6. The number of aromatic nitrogens is 2. The van der Waals surface area contributed by atoms with Crippen LogP contribution in [0.5, 0.6) is 17.4 Å². The largest absolute Gasteiger partial charge is 0.497 e. The molecule has 0 aliphatic heterocycles. The summed E-state index contributed by atoms with van der Waals surface area (Å²) in [5.74, 6) is 2.10. The molecule has 33 heavy (non-hydrogen) atoms. The van der Waals surface area contributed by atoms with E-state index in [4.69, 9.17) is 21.1 Å². The number of nitrogens with one attached hydrogen (secondary N) is 1. The Hall–Kier alpha value is -3.90. The number of ether oxygens (including phenoxy) is 2. The van der Waals surface area contributed by atoms with Crippen LogP contribution in [0.15, 0.2) is 85.1 Å². The van der Waals surface area contributed by atoms with Gasteiger partial charge < -0.3 is 14.8 Å². The van der Waals surface area contributed by atoms with Crippen LogP contribution in [0.3, 0.4) is 0 Å². The molecule has 1 N–H and O–H groups in total. The standard InChI is InChI=1S/C26H22ClN3O3/c1-32-22-9-11-23(12-10-22)33-24-14-16-28-25(30-24)19-3-2-4-20(17-19)26(31)29-15-13-18-5-7-21(27)8-6-18/h2-12,14,16-17H,13,15H2,1H3,(H,29,31). The van der Waals surface area contributed by atoms with Crippen LogP contribution in [0.4, 0.5) is 0 Å². The molecule has 0 aliphatic rings. The predicted octanol–water partition coefficient (Wildman–Crippen LogP) is 5.57. The predicted molar refractivity (Wildman–Crippen MR) is 128 cm³/mol. The molecule has 0 fully saturated rings. The number of methoxy groups -OCH3 is 1. The summed E-state index contributed by atoms with van der Waals surface area (Å²) in [4.78, 5) is 21.4. The van der Waals surface area contributed by atoms with Gasteiger partial charge in [-0.2, -0.15) is 4.98 Å². The van der Waals surface area contributed by atoms with E-state index in [9.17, 15) is 4.79 Å². The van der Waals surface area contributed by atoms with Crippen molar-refractivity contribution in [3.63, 3.8) is 0 Å². The van der Waals surface area contributed by atoms with Gasteiger partial charge in [-0.05, 0) is 60.5 Å². The highest BCUT2D eigenvalue weighted by atomic mass is 35.5. The van der Waals surface area contributed by atoms with Crippen LogP contribution in [0, 0.1) is 0 Å². The average molecular weight is 460 g/mol. The van der Waals surface area contributed by atoms with Gasteiger partial charge >= 0.3 is 0 Å². The summed E-state index contributed by atoms with van der Waals surface area (Å²) >= 11 is 5.91. The molecule has 1 amide bonds. The molecule has 4 rings (SSSR count). The quantitative estimate of drug-likeness (QED) is 0.373. The lowest BCUT2D eigenvalue weighted by Gasteiger charge is -2.09. The first kappa shape index (κ1) is 22.3. The van der Waals surface area contributed by atoms with Crippen molar-refractivity contribution in [2.45, 2.75) is 6.42 Å². The van der Waals surface area contributed by atoms with Crippen molar-refractivity contribution < 1.29 is 14.3 Å². The number of rotatable bonds is 8. The Bertz CT molecular complexity index is 1230. The summed E-state index contributed by atoms with van der Waals surface area (Å²) < 4.78 is 11.0. The third-order valence-corrected chi connectivity index (χ3v) is 5.16. The summed E-state index contributed by atoms with van der Waals surface area (Å²) in [6.07, 6.45) is 2.34. The average Bonchev–Trinajstić information content (AvgIpc) is 2.86. The molecular formula is C26H22ClN3O3. The summed E-state index contributed by atoms with van der Waals surface area (Å²) in [7, 11) is 1.61. The lowest BCUT2D eigenvalue weighted by molar-refractivity contribution is 0.0954. The Labute approximate surface area is 197 Å². The molecular weight excluding hydrogens is 438 g/mol. The molecule has 0 radical (unpaired) electrons. The molecule has 0 saturated heterocycles. The van der Waals surface area contributed by atoms with Crippen molar-refractivity contribution in [2.24, 2.45) is 0 Å². The Balaban J connectivity index is 1.41. The summed E-state index contributed by atoms with van der Waals surface area (Å²) in [5, 5.41) is 3.64. The van der Waals surface area contributed by atoms with Crippen LogP contribution in [0.1, 0.15) is 15.9 Å². The van der Waals surface area contributed by atoms with E-state index in [0.29, 0.717) is 34.6 Å². The van der Waals surface area contributed by atoms with E-state index in [1.165, 1.54) is 0 Å². The maximum Gasteiger partial charge on any atom is 0.251 e. The number of carbonyl (C=O) groups excluding carboxylic acids is 1. The molecule has 3 aromatic carbocycles. The molecule has 1 heterocycles. The Morgan fingerprint density at radius 3 is 2.48 bits per heavy atom. The van der Waals surface area contributed by atoms with Gasteiger partial charge in [-0.3, -0.25) is 4.79 Å². The van der Waals surface area contributed by atoms with Crippen molar-refractivity contribution in [2.75, 3.05) is 13.7 Å². The minimum absolute atomic E-state index is 0.156. The van der Waals surface area contributed by atoms with Gasteiger partial charge in [-0.1, -0.05) is 35.9 Å². The van der Waals surface area contributed by atoms with Crippen LogP contribution in [-0.2, 0) is 6.42 Å². The van der Waals surface area contributed by atoms with Gasteiger partial charge in [0.05, 0.1) is 7.11 Å². The topological polar surface area (TPSA) is 73.3 Å². The first-order valence-electron chi connectivity index (χ1n) is 10.4. The molecule has 6 nitrogen and oxygen atoms in total. The highest BCUT2D eigenvalue weighted by molar-refractivity contribution is 6.30. The number of carbonyl (C=O) groups is 1. The van der Waals surface area contributed by atoms with Crippen LogP contribution in [-0.4, -0.2) is 29.5 Å². The van der Waals surface area contributed by atoms with Gasteiger partial charge in [0.25, 0.3) is 5.91 Å². The maximum absolute atomic E-state index is 12.6. The van der Waals surface area contributed by atoms with Gasteiger partial charge in [0.15, 0.2) is 5.82 Å². The van der Waals surface area contributed by atoms with E-state index in [0.717, 1.165) is 23.3 Å². The second kappa shape index (κ2) is 10.6. The van der Waals surface area contributed by atoms with Crippen molar-refractivity contribution in [3.8, 4) is 28.8 Å². The molecule has 0 saturated carbocycles. The minimum atomic E-state index is -0.156. The van der Waals surface area contributed by atoms with Crippen LogP contribution in [0.25, 0.3) is 11.4 Å². The van der Waals surface area contributed by atoms with Gasteiger partial charge in [0.1, 0.15) is 11.5 Å². The van der Waals surface area contributed by atoms with E-state index < -0.39 is 0 Å². The lowest BCUT2D eigenvalue weighted by atomic mass is 10.1. The molecule has 7 heteroatoms. The second-order valence-electron chi connectivity index (χ2n) is 7.21. The third kappa shape index (κ3) is 6.08. The fourth-order valence-corrected chi connectivity index (χ4v) is 3.30. The molecule has 0 spiro atoms. The minimum Gasteiger partial charge on any atom is -0.497 e. The van der Waals surface area contributed by atoms with Gasteiger partial charge in [-0.25, -0.2) is 4.98 Å². The smallest absolute Gasteiger partial charge is 0.251 e. The van der Waals surface area contributed by atoms with Crippen LogP contribution in [0.2, 0.25) is 5.02 Å². The Kier molecular flexibility index (Phi) is 7.17. The Morgan fingerprint density at radius 1 is 0.970 bits per heavy atom. The van der Waals surface area contributed by atoms with Gasteiger partial charge in [0.2, 0.25) is 5.88 Å². The third-order valence-electron chi connectivity index (χ3n) is 4.91. The second-order valence-corrected chi connectivity index (χ2v) is 7.65. The van der Waals surface area contributed by atoms with Crippen LogP contribution >= 0.6 is 11.6 Å². The SMILES string of the molecule is COc1ccc(Oc2ccnc(-c3cccc(C(=O)NCCc4ccc(Cl)cc4)c3)n2)cc1. The van der Waals surface area contributed by atoms with E-state index in [-0.39, 0.29) is 5.91 Å². The zero-order valence-electron chi connectivity index (χ0n) is 18.0. The summed E-state index contributed by atoms with van der Waals surface area (Å²) in [5.41, 5.74) is 2.37. The molecule has 0 aliphatic carbocycles. The normalized spacial score (nSPS) is 10.5. The molecule has 4 aromatic rings. The van der Waals surface area contributed by atoms with E-state index in [1.807, 2.05) is 48.5 Å². The number of amides is 1. The van der Waals surface area contributed by atoms with Gasteiger partial charge in [-0.15, -0.1) is 0 Å². The van der Waals surface area contributed by atoms with Crippen molar-refractivity contribution in [1.82, 2.24) is 15.3 Å². The molecule has 0 bridgehead atoms. The van der Waals surface area contributed by atoms with Crippen molar-refractivity contribution in [3.05, 3.63) is 101 Å². The fraction of sp³-hybridized carbons (Fsp3) is 0.115. The van der Waals surface area contributed by atoms with Crippen molar-refractivity contribution >= 4 is 17.5 Å². The molecule has 0 unspecified atom stereocenters. The van der Waals surface area contributed by atoms with Crippen molar-refractivity contribution in [1.29, 1.82) is 0 Å². The first-order valence-corrected chi connectivity index (χ1v) is 10.8. The number of hydrogen-bond donors (Lipinski definition) is 1. The molecule has 166 valence electrons. The summed E-state index contributed by atoms with van der Waals surface area (Å²) in [6, 6.07) is 23.7. The van der Waals surface area contributed by atoms with E-state index in [1.54, 1.807) is 43.6 Å². The van der Waals surface area contributed by atoms with Gasteiger partial charge in [0, 0.05) is 35.0 Å². The number of benzene rings is 3. The fourth-order valence-electron chi connectivity index (χ4n) is 3.18.